The summed E-state index contributed by atoms with van der Waals surface area (Å²) in [6.45, 7) is 3.86. The quantitative estimate of drug-likeness (QED) is 0.718. The lowest BCUT2D eigenvalue weighted by molar-refractivity contribution is 0.451. The van der Waals surface area contributed by atoms with Crippen molar-refractivity contribution in [1.29, 1.82) is 0 Å². The number of aromatic nitrogens is 2. The normalized spacial score (nSPS) is 10.7. The first-order chi connectivity index (χ1) is 8.69. The Kier molecular flexibility index (Phi) is 4.11. The summed E-state index contributed by atoms with van der Waals surface area (Å²) in [5.41, 5.74) is 0.680. The second-order valence-corrected chi connectivity index (χ2v) is 4.90. The molecule has 0 atom stereocenters. The average Bonchev–Trinajstić information content (AvgIpc) is 2.77. The van der Waals surface area contributed by atoms with Gasteiger partial charge in [0, 0.05) is 24.6 Å². The molecule has 0 unspecified atom stereocenters. The maximum absolute atomic E-state index is 9.42. The van der Waals surface area contributed by atoms with Crippen LogP contribution in [0.2, 0.25) is 0 Å². The molecule has 3 N–H and O–H groups in total. The molecule has 1 aromatic heterocycles. The monoisotopic (exact) mass is 265 g/mol. The fourth-order valence-corrected chi connectivity index (χ4v) is 2.39. The lowest BCUT2D eigenvalue weighted by atomic mass is 10.2. The minimum Gasteiger partial charge on any atom is -0.508 e. The number of hydrogen-bond acceptors (Lipinski definition) is 6. The van der Waals surface area contributed by atoms with E-state index in [0.717, 1.165) is 24.5 Å². The van der Waals surface area contributed by atoms with Crippen LogP contribution >= 0.6 is 11.3 Å². The smallest absolute Gasteiger partial charge is 0.148 e. The molecule has 96 valence electrons. The molecule has 6 heteroatoms. The van der Waals surface area contributed by atoms with Gasteiger partial charge in [0.2, 0.25) is 0 Å². The lowest BCUT2D eigenvalue weighted by Gasteiger charge is -1.99. The zero-order valence-corrected chi connectivity index (χ0v) is 10.9. The zero-order chi connectivity index (χ0) is 13.0. The first-order valence-electron chi connectivity index (χ1n) is 5.75. The number of nitrogens with one attached hydrogen (secondary N) is 1. The number of nitrogens with zero attached hydrogens (tertiary/aromatic N) is 2. The van der Waals surface area contributed by atoms with Gasteiger partial charge < -0.3 is 15.5 Å². The Hall–Kier alpha value is -1.66. The molecule has 0 aliphatic heterocycles. The highest BCUT2D eigenvalue weighted by atomic mass is 32.1. The van der Waals surface area contributed by atoms with Gasteiger partial charge in [-0.25, -0.2) is 0 Å². The molecular formula is C12H15N3O2S. The predicted molar refractivity (Wildman–Crippen MR) is 70.9 cm³/mol. The second-order valence-electron chi connectivity index (χ2n) is 3.84. The first kappa shape index (κ1) is 12.8. The summed E-state index contributed by atoms with van der Waals surface area (Å²) in [6.07, 6.45) is 0.830. The molecule has 0 aliphatic carbocycles. The zero-order valence-electron chi connectivity index (χ0n) is 10.1. The fourth-order valence-electron chi connectivity index (χ4n) is 1.56. The summed E-state index contributed by atoms with van der Waals surface area (Å²) in [7, 11) is 0. The van der Waals surface area contributed by atoms with Crippen molar-refractivity contribution >= 4 is 11.3 Å². The predicted octanol–water partition coefficient (Wildman–Crippen LogP) is 1.77. The van der Waals surface area contributed by atoms with E-state index < -0.39 is 0 Å². The molecule has 18 heavy (non-hydrogen) atoms. The molecule has 0 bridgehead atoms. The van der Waals surface area contributed by atoms with E-state index in [1.165, 1.54) is 17.4 Å². The molecule has 0 fully saturated rings. The van der Waals surface area contributed by atoms with Crippen molar-refractivity contribution in [2.24, 2.45) is 0 Å². The van der Waals surface area contributed by atoms with E-state index in [-0.39, 0.29) is 11.5 Å². The molecule has 2 rings (SSSR count). The first-order valence-corrected chi connectivity index (χ1v) is 6.57. The molecule has 0 amide bonds. The van der Waals surface area contributed by atoms with Gasteiger partial charge in [0.05, 0.1) is 0 Å². The molecule has 0 spiro atoms. The standard InChI is InChI=1S/C12H15N3O2S/c1-2-13-4-3-11-14-15-12(18-11)8-5-9(16)7-10(17)6-8/h5-7,13,16-17H,2-4H2,1H3. The highest BCUT2D eigenvalue weighted by Crippen LogP contribution is 2.30. The van der Waals surface area contributed by atoms with Crippen molar-refractivity contribution in [2.45, 2.75) is 13.3 Å². The third-order valence-corrected chi connectivity index (χ3v) is 3.41. The van der Waals surface area contributed by atoms with Crippen LogP contribution in [0.15, 0.2) is 18.2 Å². The van der Waals surface area contributed by atoms with Gasteiger partial charge in [-0.1, -0.05) is 18.3 Å². The molecule has 1 heterocycles. The number of benzene rings is 1. The molecule has 1 aromatic carbocycles. The van der Waals surface area contributed by atoms with Gasteiger partial charge >= 0.3 is 0 Å². The highest BCUT2D eigenvalue weighted by Gasteiger charge is 2.08. The molecule has 0 saturated carbocycles. The van der Waals surface area contributed by atoms with Crippen LogP contribution in [0.4, 0.5) is 0 Å². The number of hydrogen-bond donors (Lipinski definition) is 3. The van der Waals surface area contributed by atoms with E-state index in [0.29, 0.717) is 10.6 Å². The van der Waals surface area contributed by atoms with E-state index in [1.807, 2.05) is 0 Å². The Bertz CT molecular complexity index is 508. The number of aromatic hydroxyl groups is 2. The van der Waals surface area contributed by atoms with Crippen molar-refractivity contribution in [3.63, 3.8) is 0 Å². The van der Waals surface area contributed by atoms with Crippen LogP contribution in [0, 0.1) is 0 Å². The van der Waals surface area contributed by atoms with Crippen molar-refractivity contribution < 1.29 is 10.2 Å². The van der Waals surface area contributed by atoms with Gasteiger partial charge in [-0.05, 0) is 18.7 Å². The summed E-state index contributed by atoms with van der Waals surface area (Å²) in [5, 5.41) is 31.9. The van der Waals surface area contributed by atoms with Crippen LogP contribution in [0.3, 0.4) is 0 Å². The number of phenols is 2. The second kappa shape index (κ2) is 5.79. The summed E-state index contributed by atoms with van der Waals surface area (Å²) in [5.74, 6) is 0.0452. The SMILES string of the molecule is CCNCCc1nnc(-c2cc(O)cc(O)c2)s1. The maximum atomic E-state index is 9.42. The van der Waals surface area contributed by atoms with E-state index in [2.05, 4.69) is 22.4 Å². The third-order valence-electron chi connectivity index (χ3n) is 2.38. The Morgan fingerprint density at radius 1 is 1.17 bits per heavy atom. The van der Waals surface area contributed by atoms with Crippen LogP contribution in [-0.2, 0) is 6.42 Å². The van der Waals surface area contributed by atoms with E-state index in [1.54, 1.807) is 12.1 Å². The fraction of sp³-hybridized carbons (Fsp3) is 0.333. The van der Waals surface area contributed by atoms with Crippen molar-refractivity contribution in [3.05, 3.63) is 23.2 Å². The number of rotatable bonds is 5. The van der Waals surface area contributed by atoms with Crippen molar-refractivity contribution in [3.8, 4) is 22.1 Å². The Morgan fingerprint density at radius 2 is 1.89 bits per heavy atom. The summed E-state index contributed by atoms with van der Waals surface area (Å²) in [4.78, 5) is 0. The van der Waals surface area contributed by atoms with Gasteiger partial charge in [0.1, 0.15) is 21.5 Å². The minimum absolute atomic E-state index is 0.0226. The maximum Gasteiger partial charge on any atom is 0.148 e. The largest absolute Gasteiger partial charge is 0.508 e. The molecule has 0 saturated heterocycles. The molecule has 0 aliphatic rings. The van der Waals surface area contributed by atoms with Crippen molar-refractivity contribution in [2.75, 3.05) is 13.1 Å². The van der Waals surface area contributed by atoms with Crippen LogP contribution in [-0.4, -0.2) is 33.5 Å². The Labute approximate surface area is 109 Å². The summed E-state index contributed by atoms with van der Waals surface area (Å²) < 4.78 is 0. The van der Waals surface area contributed by atoms with Gasteiger partial charge in [0.15, 0.2) is 0 Å². The van der Waals surface area contributed by atoms with E-state index in [4.69, 9.17) is 0 Å². The minimum atomic E-state index is 0.0226. The van der Waals surface area contributed by atoms with E-state index >= 15 is 0 Å². The van der Waals surface area contributed by atoms with Crippen LogP contribution < -0.4 is 5.32 Å². The Balaban J connectivity index is 2.13. The molecule has 0 radical (unpaired) electrons. The van der Waals surface area contributed by atoms with Crippen molar-refractivity contribution in [1.82, 2.24) is 15.5 Å². The van der Waals surface area contributed by atoms with Gasteiger partial charge in [-0.2, -0.15) is 0 Å². The van der Waals surface area contributed by atoms with Crippen LogP contribution in [0.5, 0.6) is 11.5 Å². The van der Waals surface area contributed by atoms with E-state index in [9.17, 15) is 10.2 Å². The average molecular weight is 265 g/mol. The van der Waals surface area contributed by atoms with Crippen LogP contribution in [0.1, 0.15) is 11.9 Å². The summed E-state index contributed by atoms with van der Waals surface area (Å²) in [6, 6.07) is 4.42. The third kappa shape index (κ3) is 3.18. The summed E-state index contributed by atoms with van der Waals surface area (Å²) >= 11 is 1.47. The van der Waals surface area contributed by atoms with Crippen LogP contribution in [0.25, 0.3) is 10.6 Å². The molecule has 2 aromatic rings. The van der Waals surface area contributed by atoms with Gasteiger partial charge in [0.25, 0.3) is 0 Å². The molecule has 5 nitrogen and oxygen atoms in total. The number of likely N-dealkylation sites (N-methyl/N-ethyl adjacent to an activating group) is 1. The highest BCUT2D eigenvalue weighted by molar-refractivity contribution is 7.14. The van der Waals surface area contributed by atoms with Gasteiger partial charge in [-0.3, -0.25) is 0 Å². The molecular weight excluding hydrogens is 250 g/mol. The Morgan fingerprint density at radius 3 is 2.56 bits per heavy atom. The topological polar surface area (TPSA) is 78.3 Å². The van der Waals surface area contributed by atoms with Gasteiger partial charge in [-0.15, -0.1) is 10.2 Å². The number of phenolic OH excluding ortho intramolecular Hbond substituents is 2. The lowest BCUT2D eigenvalue weighted by Crippen LogP contribution is -2.15.